The van der Waals surface area contributed by atoms with Crippen molar-refractivity contribution >= 4 is 26.0 Å². The number of rotatable bonds is 6. The first-order valence-electron chi connectivity index (χ1n) is 9.86. The zero-order valence-corrected chi connectivity index (χ0v) is 19.7. The summed E-state index contributed by atoms with van der Waals surface area (Å²) in [6, 6.07) is -0.516. The topological polar surface area (TPSA) is 111 Å². The van der Waals surface area contributed by atoms with Gasteiger partial charge in [-0.25, -0.2) is 4.79 Å². The molecule has 1 saturated heterocycles. The Hall–Kier alpha value is -1.87. The predicted octanol–water partition coefficient (Wildman–Crippen LogP) is 2.80. The molecule has 0 saturated carbocycles. The lowest BCUT2D eigenvalue weighted by Gasteiger charge is -2.47. The Labute approximate surface area is 173 Å². The molecule has 2 aliphatic rings. The fourth-order valence-corrected chi connectivity index (χ4v) is 4.77. The number of carbonyl (C=O) groups is 3. The van der Waals surface area contributed by atoms with E-state index in [1.807, 2.05) is 6.92 Å². The van der Waals surface area contributed by atoms with Crippen LogP contribution < -0.4 is 5.32 Å². The molecule has 164 valence electrons. The second kappa shape index (κ2) is 7.43. The number of β-lactam (4-membered cyclic amide) rings is 1. The van der Waals surface area contributed by atoms with E-state index >= 15 is 0 Å². The van der Waals surface area contributed by atoms with Gasteiger partial charge in [0.2, 0.25) is 5.91 Å². The number of nitrogens with one attached hydrogen (secondary N) is 1. The lowest BCUT2D eigenvalue weighted by molar-refractivity contribution is -0.221. The summed E-state index contributed by atoms with van der Waals surface area (Å²) in [5, 5.41) is 12.8. The molecule has 0 radical (unpaired) electrons. The van der Waals surface area contributed by atoms with Crippen LogP contribution in [0.1, 0.15) is 48.5 Å². The maximum Gasteiger partial charge on any atom is 0.352 e. The van der Waals surface area contributed by atoms with Gasteiger partial charge in [0.1, 0.15) is 0 Å². The molecular weight excluding hydrogens is 394 g/mol. The molecule has 0 aromatic carbocycles. The minimum Gasteiger partial charge on any atom is -0.480 e. The van der Waals surface area contributed by atoms with E-state index < -0.39 is 55.3 Å². The van der Waals surface area contributed by atoms with Crippen molar-refractivity contribution < 1.29 is 33.4 Å². The molecule has 0 aromatic heterocycles. The van der Waals surface area contributed by atoms with E-state index in [2.05, 4.69) is 39.2 Å². The van der Waals surface area contributed by atoms with E-state index in [1.165, 1.54) is 13.8 Å². The SMILES string of the molecule is C[C@H](O[Si](C)(C)C(C)(C)C)[C@@H]1C(=O)N[C@@H]1[C@H](C)C(=O)C1=C(O)OC(C)(C)OC1=O. The number of hydrogen-bond acceptors (Lipinski definition) is 7. The van der Waals surface area contributed by atoms with Crippen LogP contribution in [0.4, 0.5) is 0 Å². The molecule has 0 spiro atoms. The van der Waals surface area contributed by atoms with Crippen molar-refractivity contribution in [2.75, 3.05) is 0 Å². The number of ketones is 1. The first-order valence-corrected chi connectivity index (χ1v) is 12.8. The highest BCUT2D eigenvalue weighted by Gasteiger charge is 2.52. The van der Waals surface area contributed by atoms with Crippen molar-refractivity contribution in [2.24, 2.45) is 11.8 Å². The van der Waals surface area contributed by atoms with Crippen molar-refractivity contribution in [3.63, 3.8) is 0 Å². The fourth-order valence-electron chi connectivity index (χ4n) is 3.34. The smallest absolute Gasteiger partial charge is 0.352 e. The summed E-state index contributed by atoms with van der Waals surface area (Å²) in [6.45, 7) is 16.9. The average molecular weight is 428 g/mol. The van der Waals surface area contributed by atoms with Gasteiger partial charge in [-0.3, -0.25) is 9.59 Å². The summed E-state index contributed by atoms with van der Waals surface area (Å²) in [5.41, 5.74) is -0.533. The molecule has 1 amide bonds. The predicted molar refractivity (Wildman–Crippen MR) is 108 cm³/mol. The third-order valence-electron chi connectivity index (χ3n) is 6.09. The number of Topliss-reactive ketones (excluding diaryl/α,β-unsaturated/α-hetero) is 1. The third-order valence-corrected chi connectivity index (χ3v) is 10.7. The van der Waals surface area contributed by atoms with Crippen molar-refractivity contribution in [1.82, 2.24) is 5.32 Å². The lowest BCUT2D eigenvalue weighted by Crippen LogP contribution is -2.67. The summed E-state index contributed by atoms with van der Waals surface area (Å²) in [6.07, 6.45) is -0.388. The first-order chi connectivity index (χ1) is 13.0. The van der Waals surface area contributed by atoms with Crippen LogP contribution in [0.15, 0.2) is 11.5 Å². The molecule has 2 aliphatic heterocycles. The van der Waals surface area contributed by atoms with Crippen LogP contribution in [0.25, 0.3) is 0 Å². The Balaban J connectivity index is 2.19. The number of esters is 1. The Morgan fingerprint density at radius 2 is 1.76 bits per heavy atom. The zero-order chi connectivity index (χ0) is 22.5. The van der Waals surface area contributed by atoms with Crippen LogP contribution in [0, 0.1) is 11.8 Å². The van der Waals surface area contributed by atoms with Crippen LogP contribution >= 0.6 is 0 Å². The summed E-state index contributed by atoms with van der Waals surface area (Å²) in [5.74, 6) is -5.17. The van der Waals surface area contributed by atoms with Crippen molar-refractivity contribution in [3.8, 4) is 0 Å². The van der Waals surface area contributed by atoms with Crippen LogP contribution in [0.2, 0.25) is 18.1 Å². The van der Waals surface area contributed by atoms with Crippen molar-refractivity contribution in [2.45, 2.75) is 84.5 Å². The quantitative estimate of drug-likeness (QED) is 0.290. The van der Waals surface area contributed by atoms with Crippen LogP contribution in [0.3, 0.4) is 0 Å². The molecule has 8 nitrogen and oxygen atoms in total. The van der Waals surface area contributed by atoms with Gasteiger partial charge in [-0.05, 0) is 25.1 Å². The first kappa shape index (κ1) is 23.4. The van der Waals surface area contributed by atoms with E-state index in [-0.39, 0.29) is 17.0 Å². The van der Waals surface area contributed by atoms with Gasteiger partial charge in [0, 0.05) is 19.8 Å². The van der Waals surface area contributed by atoms with Gasteiger partial charge in [-0.1, -0.05) is 27.7 Å². The molecule has 0 bridgehead atoms. The number of carbonyl (C=O) groups excluding carboxylic acids is 3. The molecule has 29 heavy (non-hydrogen) atoms. The monoisotopic (exact) mass is 427 g/mol. The number of hydrogen-bond donors (Lipinski definition) is 2. The molecule has 0 aromatic rings. The van der Waals surface area contributed by atoms with Gasteiger partial charge < -0.3 is 24.3 Å². The normalized spacial score (nSPS) is 26.7. The second-order valence-electron chi connectivity index (χ2n) is 9.87. The molecule has 2 N–H and O–H groups in total. The van der Waals surface area contributed by atoms with Crippen LogP contribution in [-0.2, 0) is 28.3 Å². The van der Waals surface area contributed by atoms with Crippen molar-refractivity contribution in [3.05, 3.63) is 11.5 Å². The summed E-state index contributed by atoms with van der Waals surface area (Å²) in [7, 11) is -2.11. The van der Waals surface area contributed by atoms with Gasteiger partial charge in [0.05, 0.1) is 18.1 Å². The molecule has 0 unspecified atom stereocenters. The second-order valence-corrected chi connectivity index (χ2v) is 14.6. The summed E-state index contributed by atoms with van der Waals surface area (Å²) in [4.78, 5) is 37.4. The van der Waals surface area contributed by atoms with Crippen LogP contribution in [-0.4, -0.2) is 49.0 Å². The molecular formula is C20H33NO7Si. The minimum absolute atomic E-state index is 0.0228. The average Bonchev–Trinajstić information content (AvgIpc) is 2.47. The molecule has 2 rings (SSSR count). The largest absolute Gasteiger partial charge is 0.480 e. The highest BCUT2D eigenvalue weighted by Crippen LogP contribution is 2.40. The van der Waals surface area contributed by atoms with Crippen LogP contribution in [0.5, 0.6) is 0 Å². The van der Waals surface area contributed by atoms with E-state index in [1.54, 1.807) is 6.92 Å². The fraction of sp³-hybridized carbons (Fsp3) is 0.750. The van der Waals surface area contributed by atoms with Crippen molar-refractivity contribution in [1.29, 1.82) is 0 Å². The third kappa shape index (κ3) is 4.50. The summed E-state index contributed by atoms with van der Waals surface area (Å²) < 4.78 is 16.5. The highest BCUT2D eigenvalue weighted by atomic mass is 28.4. The standard InChI is InChI=1S/C20H33NO7Si/c1-10(15(22)13-17(24)26-20(6,7)27-18(13)25)14-12(16(23)21-14)11(2)28-29(8,9)19(3,4)5/h10-12,14,24H,1-9H3,(H,21,23)/t10-,11-,12-,14+/m0/s1. The van der Waals surface area contributed by atoms with E-state index in [9.17, 15) is 19.5 Å². The maximum absolute atomic E-state index is 12.9. The Bertz CT molecular complexity index is 750. The number of aliphatic hydroxyl groups excluding tert-OH is 1. The lowest BCUT2D eigenvalue weighted by atomic mass is 9.76. The molecule has 1 fully saturated rings. The molecule has 2 heterocycles. The molecule has 9 heteroatoms. The van der Waals surface area contributed by atoms with E-state index in [0.717, 1.165) is 0 Å². The molecule has 4 atom stereocenters. The Kier molecular flexibility index (Phi) is 5.99. The minimum atomic E-state index is -2.11. The Morgan fingerprint density at radius 3 is 2.21 bits per heavy atom. The Morgan fingerprint density at radius 1 is 1.21 bits per heavy atom. The van der Waals surface area contributed by atoms with Gasteiger partial charge in [-0.15, -0.1) is 0 Å². The molecule has 0 aliphatic carbocycles. The number of aliphatic hydroxyl groups is 1. The van der Waals surface area contributed by atoms with Gasteiger partial charge in [0.25, 0.3) is 11.7 Å². The van der Waals surface area contributed by atoms with E-state index in [4.69, 9.17) is 13.9 Å². The number of ether oxygens (including phenoxy) is 2. The van der Waals surface area contributed by atoms with Gasteiger partial charge >= 0.3 is 5.97 Å². The highest BCUT2D eigenvalue weighted by molar-refractivity contribution is 6.74. The summed E-state index contributed by atoms with van der Waals surface area (Å²) >= 11 is 0. The zero-order valence-electron chi connectivity index (χ0n) is 18.7. The van der Waals surface area contributed by atoms with Gasteiger partial charge in [0.15, 0.2) is 19.7 Å². The van der Waals surface area contributed by atoms with E-state index in [0.29, 0.717) is 0 Å². The maximum atomic E-state index is 12.9. The number of amides is 1. The number of cyclic esters (lactones) is 1. The van der Waals surface area contributed by atoms with Gasteiger partial charge in [-0.2, -0.15) is 0 Å².